The number of hydrogen-bond donors (Lipinski definition) is 0. The second-order valence-electron chi connectivity index (χ2n) is 8.65. The molecule has 1 aliphatic carbocycles. The zero-order chi connectivity index (χ0) is 23.2. The first kappa shape index (κ1) is 22.6. The van der Waals surface area contributed by atoms with Crippen molar-refractivity contribution in [3.05, 3.63) is 108 Å². The molecule has 1 aromatic heterocycles. The molecular formula is C28H31N3O2. The highest BCUT2D eigenvalue weighted by Crippen LogP contribution is 2.28. The van der Waals surface area contributed by atoms with E-state index in [-0.39, 0.29) is 24.4 Å². The molecule has 0 radical (unpaired) electrons. The summed E-state index contributed by atoms with van der Waals surface area (Å²) in [5.41, 5.74) is 4.18. The molecule has 3 aromatic rings. The molecule has 4 rings (SSSR count). The van der Waals surface area contributed by atoms with Gasteiger partial charge in [-0.15, -0.1) is 6.58 Å². The molecule has 33 heavy (non-hydrogen) atoms. The standard InChI is InChI=1S/C28H31N3O2/c1-3-17-30(20-26-14-9-18-29(26)19-24-13-8-7-10-22(24)2)27(32)21-31(25-15-16-25)28(33)23-11-5-4-6-12-23/h3-14,18,25H,1,15-17,19-21H2,2H3. The Labute approximate surface area is 195 Å². The molecule has 0 unspecified atom stereocenters. The topological polar surface area (TPSA) is 45.6 Å². The van der Waals surface area contributed by atoms with Crippen LogP contribution in [0.1, 0.15) is 40.0 Å². The van der Waals surface area contributed by atoms with Gasteiger partial charge in [-0.1, -0.05) is 48.5 Å². The highest BCUT2D eigenvalue weighted by atomic mass is 16.2. The molecule has 0 bridgehead atoms. The average Bonchev–Trinajstić information content (AvgIpc) is 3.59. The molecule has 2 aromatic carbocycles. The predicted molar refractivity (Wildman–Crippen MR) is 131 cm³/mol. The molecule has 1 heterocycles. The van der Waals surface area contributed by atoms with Crippen LogP contribution in [-0.4, -0.2) is 45.3 Å². The van der Waals surface area contributed by atoms with E-state index in [2.05, 4.69) is 42.3 Å². The monoisotopic (exact) mass is 441 g/mol. The fourth-order valence-electron chi connectivity index (χ4n) is 4.07. The summed E-state index contributed by atoms with van der Waals surface area (Å²) in [6.07, 6.45) is 5.69. The summed E-state index contributed by atoms with van der Waals surface area (Å²) in [5, 5.41) is 0. The first-order chi connectivity index (χ1) is 16.1. The summed E-state index contributed by atoms with van der Waals surface area (Å²) in [7, 11) is 0. The van der Waals surface area contributed by atoms with Crippen LogP contribution in [0.5, 0.6) is 0 Å². The smallest absolute Gasteiger partial charge is 0.254 e. The van der Waals surface area contributed by atoms with Gasteiger partial charge in [0.1, 0.15) is 6.54 Å². The van der Waals surface area contributed by atoms with Crippen molar-refractivity contribution in [1.82, 2.24) is 14.4 Å². The van der Waals surface area contributed by atoms with Crippen molar-refractivity contribution >= 4 is 11.8 Å². The summed E-state index contributed by atoms with van der Waals surface area (Å²) in [4.78, 5) is 29.9. The first-order valence-corrected chi connectivity index (χ1v) is 11.5. The van der Waals surface area contributed by atoms with Crippen LogP contribution in [0.15, 0.2) is 85.6 Å². The fourth-order valence-corrected chi connectivity index (χ4v) is 4.07. The Morgan fingerprint density at radius 2 is 1.76 bits per heavy atom. The Bertz CT molecular complexity index is 1110. The molecule has 2 amide bonds. The molecule has 5 nitrogen and oxygen atoms in total. The van der Waals surface area contributed by atoms with Gasteiger partial charge in [-0.2, -0.15) is 0 Å². The molecule has 0 spiro atoms. The molecule has 170 valence electrons. The number of benzene rings is 2. The minimum Gasteiger partial charge on any atom is -0.345 e. The normalized spacial score (nSPS) is 12.9. The number of aromatic nitrogens is 1. The van der Waals surface area contributed by atoms with Gasteiger partial charge in [-0.25, -0.2) is 0 Å². The van der Waals surface area contributed by atoms with Crippen molar-refractivity contribution in [3.8, 4) is 0 Å². The van der Waals surface area contributed by atoms with Crippen LogP contribution in [0.4, 0.5) is 0 Å². The van der Waals surface area contributed by atoms with E-state index in [4.69, 9.17) is 0 Å². The van der Waals surface area contributed by atoms with Crippen LogP contribution < -0.4 is 0 Å². The van der Waals surface area contributed by atoms with Gasteiger partial charge in [0, 0.05) is 36.6 Å². The molecule has 0 saturated heterocycles. The van der Waals surface area contributed by atoms with Crippen LogP contribution >= 0.6 is 0 Å². The Morgan fingerprint density at radius 1 is 1.03 bits per heavy atom. The summed E-state index contributed by atoms with van der Waals surface area (Å²) >= 11 is 0. The summed E-state index contributed by atoms with van der Waals surface area (Å²) in [6, 6.07) is 21.8. The molecule has 1 aliphatic rings. The Kier molecular flexibility index (Phi) is 7.08. The third-order valence-electron chi connectivity index (χ3n) is 6.16. The largest absolute Gasteiger partial charge is 0.345 e. The number of rotatable bonds is 10. The zero-order valence-corrected chi connectivity index (χ0v) is 19.2. The highest BCUT2D eigenvalue weighted by molar-refractivity contribution is 5.97. The van der Waals surface area contributed by atoms with Crippen molar-refractivity contribution in [1.29, 1.82) is 0 Å². The molecule has 1 saturated carbocycles. The van der Waals surface area contributed by atoms with Gasteiger partial charge in [0.2, 0.25) is 5.91 Å². The van der Waals surface area contributed by atoms with E-state index < -0.39 is 0 Å². The molecule has 0 atom stereocenters. The lowest BCUT2D eigenvalue weighted by Gasteiger charge is -2.27. The maximum atomic E-state index is 13.3. The van der Waals surface area contributed by atoms with E-state index in [1.807, 2.05) is 48.7 Å². The van der Waals surface area contributed by atoms with E-state index >= 15 is 0 Å². The Morgan fingerprint density at radius 3 is 2.45 bits per heavy atom. The number of amides is 2. The minimum absolute atomic E-state index is 0.0604. The van der Waals surface area contributed by atoms with Crippen LogP contribution in [0.3, 0.4) is 0 Å². The van der Waals surface area contributed by atoms with Gasteiger partial charge in [0.15, 0.2) is 0 Å². The summed E-state index contributed by atoms with van der Waals surface area (Å²) in [6.45, 7) is 7.71. The van der Waals surface area contributed by atoms with Crippen molar-refractivity contribution in [3.63, 3.8) is 0 Å². The number of hydrogen-bond acceptors (Lipinski definition) is 2. The molecule has 5 heteroatoms. The van der Waals surface area contributed by atoms with Gasteiger partial charge in [-0.05, 0) is 55.2 Å². The van der Waals surface area contributed by atoms with E-state index in [0.717, 1.165) is 25.1 Å². The lowest BCUT2D eigenvalue weighted by Crippen LogP contribution is -2.44. The van der Waals surface area contributed by atoms with E-state index in [1.54, 1.807) is 15.9 Å². The van der Waals surface area contributed by atoms with Crippen LogP contribution in [0, 0.1) is 6.92 Å². The van der Waals surface area contributed by atoms with Crippen molar-refractivity contribution < 1.29 is 9.59 Å². The van der Waals surface area contributed by atoms with Crippen molar-refractivity contribution in [2.45, 2.75) is 38.9 Å². The third kappa shape index (κ3) is 5.61. The Hall–Kier alpha value is -3.60. The van der Waals surface area contributed by atoms with E-state index in [9.17, 15) is 9.59 Å². The van der Waals surface area contributed by atoms with Gasteiger partial charge >= 0.3 is 0 Å². The lowest BCUT2D eigenvalue weighted by atomic mass is 10.1. The predicted octanol–water partition coefficient (Wildman–Crippen LogP) is 4.66. The van der Waals surface area contributed by atoms with Crippen molar-refractivity contribution in [2.75, 3.05) is 13.1 Å². The first-order valence-electron chi connectivity index (χ1n) is 11.5. The van der Waals surface area contributed by atoms with Gasteiger partial charge in [0.05, 0.1) is 6.54 Å². The molecule has 0 aliphatic heterocycles. The number of nitrogens with zero attached hydrogens (tertiary/aromatic N) is 3. The maximum Gasteiger partial charge on any atom is 0.254 e. The van der Waals surface area contributed by atoms with E-state index in [0.29, 0.717) is 18.7 Å². The number of carbonyl (C=O) groups excluding carboxylic acids is 2. The fraction of sp³-hybridized carbons (Fsp3) is 0.286. The van der Waals surface area contributed by atoms with Crippen molar-refractivity contribution in [2.24, 2.45) is 0 Å². The minimum atomic E-state index is -0.0760. The van der Waals surface area contributed by atoms with Crippen LogP contribution in [0.25, 0.3) is 0 Å². The van der Waals surface area contributed by atoms with Gasteiger partial charge in [0.25, 0.3) is 5.91 Å². The summed E-state index contributed by atoms with van der Waals surface area (Å²) in [5.74, 6) is -0.136. The average molecular weight is 442 g/mol. The SMILES string of the molecule is C=CCN(Cc1cccn1Cc1ccccc1C)C(=O)CN(C(=O)c1ccccc1)C1CC1. The number of aryl methyl sites for hydroxylation is 1. The van der Waals surface area contributed by atoms with Crippen LogP contribution in [-0.2, 0) is 17.9 Å². The zero-order valence-electron chi connectivity index (χ0n) is 19.2. The molecular weight excluding hydrogens is 410 g/mol. The lowest BCUT2D eigenvalue weighted by molar-refractivity contribution is -0.132. The maximum absolute atomic E-state index is 13.3. The molecule has 1 fully saturated rings. The second kappa shape index (κ2) is 10.3. The Balaban J connectivity index is 1.48. The quantitative estimate of drug-likeness (QED) is 0.430. The highest BCUT2D eigenvalue weighted by Gasteiger charge is 2.35. The van der Waals surface area contributed by atoms with Gasteiger partial charge in [-0.3, -0.25) is 9.59 Å². The summed E-state index contributed by atoms with van der Waals surface area (Å²) < 4.78 is 2.18. The third-order valence-corrected chi connectivity index (χ3v) is 6.16. The van der Waals surface area contributed by atoms with Crippen LogP contribution in [0.2, 0.25) is 0 Å². The van der Waals surface area contributed by atoms with E-state index in [1.165, 1.54) is 11.1 Å². The van der Waals surface area contributed by atoms with Gasteiger partial charge < -0.3 is 14.4 Å². The number of carbonyl (C=O) groups is 2. The molecule has 0 N–H and O–H groups in total. The second-order valence-corrected chi connectivity index (χ2v) is 8.65.